The second-order valence-corrected chi connectivity index (χ2v) is 4.91. The molecule has 5 nitrogen and oxygen atoms in total. The van der Waals surface area contributed by atoms with E-state index in [1.54, 1.807) is 17.1 Å². The van der Waals surface area contributed by atoms with Crippen molar-refractivity contribution in [2.24, 2.45) is 0 Å². The summed E-state index contributed by atoms with van der Waals surface area (Å²) in [6, 6.07) is 9.98. The second-order valence-electron chi connectivity index (χ2n) is 4.91. The van der Waals surface area contributed by atoms with E-state index in [4.69, 9.17) is 5.73 Å². The molecule has 0 atom stereocenters. The van der Waals surface area contributed by atoms with E-state index in [9.17, 15) is 0 Å². The fraction of sp³-hybridized carbons (Fsp3) is 0.188. The Labute approximate surface area is 123 Å². The molecule has 0 aliphatic carbocycles. The van der Waals surface area contributed by atoms with Crippen LogP contribution in [0.3, 0.4) is 0 Å². The first-order valence-electron chi connectivity index (χ1n) is 6.92. The minimum Gasteiger partial charge on any atom is -0.382 e. The van der Waals surface area contributed by atoms with E-state index >= 15 is 0 Å². The van der Waals surface area contributed by atoms with Crippen molar-refractivity contribution in [1.82, 2.24) is 20.0 Å². The maximum Gasteiger partial charge on any atom is 0.155 e. The van der Waals surface area contributed by atoms with Crippen LogP contribution < -0.4 is 5.73 Å². The van der Waals surface area contributed by atoms with Crippen LogP contribution in [-0.2, 0) is 6.42 Å². The minimum absolute atomic E-state index is 0.534. The largest absolute Gasteiger partial charge is 0.382 e. The number of hydrogen-bond acceptors (Lipinski definition) is 4. The molecule has 2 aromatic heterocycles. The third-order valence-corrected chi connectivity index (χ3v) is 3.55. The predicted octanol–water partition coefficient (Wildman–Crippen LogP) is 2.78. The molecule has 2 N–H and O–H groups in total. The maximum atomic E-state index is 6.27. The van der Waals surface area contributed by atoms with Gasteiger partial charge in [0.05, 0.1) is 5.69 Å². The Hall–Kier alpha value is -2.69. The molecule has 0 bridgehead atoms. The number of rotatable bonds is 3. The highest BCUT2D eigenvalue weighted by molar-refractivity contribution is 5.70. The summed E-state index contributed by atoms with van der Waals surface area (Å²) in [7, 11) is 0. The zero-order valence-electron chi connectivity index (χ0n) is 12.1. The smallest absolute Gasteiger partial charge is 0.155 e. The standard InChI is InChI=1S/C16H17N5/c1-3-12-7-4-6-11(2)15(12)21-16(17)14(19-20-21)13-8-5-9-18-10-13/h4-10H,3,17H2,1-2H3. The first-order valence-corrected chi connectivity index (χ1v) is 6.92. The van der Waals surface area contributed by atoms with Gasteiger partial charge in [-0.15, -0.1) is 5.10 Å². The molecule has 0 unspecified atom stereocenters. The van der Waals surface area contributed by atoms with Gasteiger partial charge >= 0.3 is 0 Å². The minimum atomic E-state index is 0.534. The fourth-order valence-corrected chi connectivity index (χ4v) is 2.47. The third kappa shape index (κ3) is 2.27. The Balaban J connectivity index is 2.17. The first kappa shape index (κ1) is 13.3. The maximum absolute atomic E-state index is 6.27. The van der Waals surface area contributed by atoms with Gasteiger partial charge in [0.1, 0.15) is 5.69 Å². The topological polar surface area (TPSA) is 69.6 Å². The van der Waals surface area contributed by atoms with Crippen molar-refractivity contribution in [1.29, 1.82) is 0 Å². The molecule has 3 rings (SSSR count). The Morgan fingerprint density at radius 1 is 1.19 bits per heavy atom. The number of nitrogens with zero attached hydrogens (tertiary/aromatic N) is 4. The highest BCUT2D eigenvalue weighted by Crippen LogP contribution is 2.27. The molecule has 21 heavy (non-hydrogen) atoms. The van der Waals surface area contributed by atoms with E-state index in [1.807, 2.05) is 18.2 Å². The average molecular weight is 279 g/mol. The molecule has 0 spiro atoms. The van der Waals surface area contributed by atoms with Gasteiger partial charge in [-0.2, -0.15) is 4.68 Å². The molecule has 0 fully saturated rings. The van der Waals surface area contributed by atoms with E-state index in [-0.39, 0.29) is 0 Å². The molecular weight excluding hydrogens is 262 g/mol. The zero-order chi connectivity index (χ0) is 14.8. The Bertz CT molecular complexity index is 762. The summed E-state index contributed by atoms with van der Waals surface area (Å²) in [6.45, 7) is 4.17. The van der Waals surface area contributed by atoms with Crippen LogP contribution in [-0.4, -0.2) is 20.0 Å². The summed E-state index contributed by atoms with van der Waals surface area (Å²) in [5.41, 5.74) is 11.1. The number of hydrogen-bond donors (Lipinski definition) is 1. The van der Waals surface area contributed by atoms with Crippen LogP contribution in [0.25, 0.3) is 16.9 Å². The number of anilines is 1. The van der Waals surface area contributed by atoms with E-state index in [0.717, 1.165) is 23.2 Å². The summed E-state index contributed by atoms with van der Waals surface area (Å²) in [5.74, 6) is 0.534. The summed E-state index contributed by atoms with van der Waals surface area (Å²) in [4.78, 5) is 4.10. The van der Waals surface area contributed by atoms with Crippen molar-refractivity contribution in [3.8, 4) is 16.9 Å². The molecule has 106 valence electrons. The van der Waals surface area contributed by atoms with Crippen LogP contribution in [0, 0.1) is 6.92 Å². The normalized spacial score (nSPS) is 10.8. The fourth-order valence-electron chi connectivity index (χ4n) is 2.47. The highest BCUT2D eigenvalue weighted by atomic mass is 15.5. The van der Waals surface area contributed by atoms with E-state index in [0.29, 0.717) is 11.5 Å². The van der Waals surface area contributed by atoms with E-state index in [1.165, 1.54) is 5.56 Å². The monoisotopic (exact) mass is 279 g/mol. The lowest BCUT2D eigenvalue weighted by Crippen LogP contribution is -2.07. The summed E-state index contributed by atoms with van der Waals surface area (Å²) < 4.78 is 1.72. The number of nitrogen functional groups attached to an aromatic ring is 1. The summed E-state index contributed by atoms with van der Waals surface area (Å²) in [6.07, 6.45) is 4.38. The lowest BCUT2D eigenvalue weighted by molar-refractivity contribution is 0.795. The lowest BCUT2D eigenvalue weighted by Gasteiger charge is -2.12. The van der Waals surface area contributed by atoms with Crippen molar-refractivity contribution in [3.05, 3.63) is 53.9 Å². The molecule has 1 aromatic carbocycles. The van der Waals surface area contributed by atoms with Crippen LogP contribution in [0.2, 0.25) is 0 Å². The van der Waals surface area contributed by atoms with Gasteiger partial charge in [0.15, 0.2) is 5.82 Å². The SMILES string of the molecule is CCc1cccc(C)c1-n1nnc(-c2cccnc2)c1N. The quantitative estimate of drug-likeness (QED) is 0.800. The van der Waals surface area contributed by atoms with Gasteiger partial charge in [-0.05, 0) is 36.6 Å². The van der Waals surface area contributed by atoms with Crippen molar-refractivity contribution in [2.75, 3.05) is 5.73 Å². The lowest BCUT2D eigenvalue weighted by atomic mass is 10.1. The second kappa shape index (κ2) is 5.36. The molecule has 0 aliphatic rings. The van der Waals surface area contributed by atoms with Crippen LogP contribution in [0.5, 0.6) is 0 Å². The summed E-state index contributed by atoms with van der Waals surface area (Å²) >= 11 is 0. The highest BCUT2D eigenvalue weighted by Gasteiger charge is 2.16. The molecule has 3 aromatic rings. The average Bonchev–Trinajstić information content (AvgIpc) is 2.89. The van der Waals surface area contributed by atoms with E-state index < -0.39 is 0 Å². The van der Waals surface area contributed by atoms with Gasteiger partial charge in [-0.25, -0.2) is 0 Å². The van der Waals surface area contributed by atoms with Gasteiger partial charge < -0.3 is 5.73 Å². The molecule has 2 heterocycles. The number of para-hydroxylation sites is 1. The zero-order valence-corrected chi connectivity index (χ0v) is 12.1. The number of aryl methyl sites for hydroxylation is 2. The molecular formula is C16H17N5. The first-order chi connectivity index (χ1) is 10.2. The van der Waals surface area contributed by atoms with Gasteiger partial charge in [0, 0.05) is 18.0 Å². The molecule has 0 amide bonds. The predicted molar refractivity (Wildman–Crippen MR) is 83.1 cm³/mol. The number of nitrogens with two attached hydrogens (primary N) is 1. The summed E-state index contributed by atoms with van der Waals surface area (Å²) in [5, 5.41) is 8.47. The Morgan fingerprint density at radius 3 is 2.76 bits per heavy atom. The number of pyridine rings is 1. The van der Waals surface area contributed by atoms with Crippen LogP contribution in [0.15, 0.2) is 42.7 Å². The van der Waals surface area contributed by atoms with Crippen molar-refractivity contribution < 1.29 is 0 Å². The Morgan fingerprint density at radius 2 is 2.05 bits per heavy atom. The third-order valence-electron chi connectivity index (χ3n) is 3.55. The molecule has 0 radical (unpaired) electrons. The molecule has 0 saturated carbocycles. The van der Waals surface area contributed by atoms with Crippen molar-refractivity contribution >= 4 is 5.82 Å². The van der Waals surface area contributed by atoms with Gasteiger partial charge in [-0.3, -0.25) is 4.98 Å². The van der Waals surface area contributed by atoms with Gasteiger partial charge in [0.25, 0.3) is 0 Å². The molecule has 0 saturated heterocycles. The van der Waals surface area contributed by atoms with E-state index in [2.05, 4.69) is 41.3 Å². The van der Waals surface area contributed by atoms with Crippen molar-refractivity contribution in [3.63, 3.8) is 0 Å². The van der Waals surface area contributed by atoms with Crippen LogP contribution in [0.4, 0.5) is 5.82 Å². The molecule has 5 heteroatoms. The van der Waals surface area contributed by atoms with Gasteiger partial charge in [0.2, 0.25) is 0 Å². The Kier molecular flexibility index (Phi) is 3.39. The van der Waals surface area contributed by atoms with Crippen LogP contribution >= 0.6 is 0 Å². The molecule has 0 aliphatic heterocycles. The number of benzene rings is 1. The van der Waals surface area contributed by atoms with Crippen molar-refractivity contribution in [2.45, 2.75) is 20.3 Å². The van der Waals surface area contributed by atoms with Crippen LogP contribution in [0.1, 0.15) is 18.1 Å². The number of aromatic nitrogens is 4. The van der Waals surface area contributed by atoms with Gasteiger partial charge in [-0.1, -0.05) is 30.3 Å².